The van der Waals surface area contributed by atoms with E-state index in [1.165, 1.54) is 0 Å². The van der Waals surface area contributed by atoms with Gasteiger partial charge in [-0.05, 0) is 52.4 Å². The fourth-order valence-electron chi connectivity index (χ4n) is 1.52. The van der Waals surface area contributed by atoms with Gasteiger partial charge in [-0.1, -0.05) is 0 Å². The van der Waals surface area contributed by atoms with Gasteiger partial charge >= 0.3 is 8.56 Å². The normalized spacial score (nSPS) is 15.8. The zero-order valence-corrected chi connectivity index (χ0v) is 15.7. The molecule has 0 saturated heterocycles. The third-order valence-corrected chi connectivity index (χ3v) is 13.4. The second-order valence-corrected chi connectivity index (χ2v) is 18.6. The molecule has 7 heteroatoms. The van der Waals surface area contributed by atoms with Crippen LogP contribution in [0, 0.1) is 0 Å². The van der Waals surface area contributed by atoms with Crippen LogP contribution in [-0.4, -0.2) is 35.2 Å². The topological polar surface area (TPSA) is 27.7 Å². The number of hydrogen-bond acceptors (Lipinski definition) is 3. The molecule has 0 rings (SSSR count). The molecule has 0 aromatic heterocycles. The molecule has 0 amide bonds. The molecule has 0 aromatic rings. The van der Waals surface area contributed by atoms with E-state index < -0.39 is 35.2 Å². The summed E-state index contributed by atoms with van der Waals surface area (Å²) in [5, 5.41) is 0. The molecular formula is C8H26O3Si4. The maximum absolute atomic E-state index is 6.03. The highest BCUT2D eigenvalue weighted by Crippen LogP contribution is 2.13. The summed E-state index contributed by atoms with van der Waals surface area (Å²) in [4.78, 5) is 0. The van der Waals surface area contributed by atoms with E-state index in [0.29, 0.717) is 0 Å². The Labute approximate surface area is 100 Å². The van der Waals surface area contributed by atoms with Gasteiger partial charge in [0.15, 0.2) is 17.4 Å². The number of hydrogen-bond donors (Lipinski definition) is 0. The summed E-state index contributed by atoms with van der Waals surface area (Å²) < 4.78 is 18.0. The molecular weight excluding hydrogens is 256 g/mol. The first-order valence-corrected chi connectivity index (χ1v) is 16.7. The Morgan fingerprint density at radius 3 is 1.53 bits per heavy atom. The van der Waals surface area contributed by atoms with E-state index in [0.717, 1.165) is 0 Å². The predicted molar refractivity (Wildman–Crippen MR) is 76.0 cm³/mol. The van der Waals surface area contributed by atoms with Crippen molar-refractivity contribution < 1.29 is 12.3 Å². The zero-order valence-electron chi connectivity index (χ0n) is 11.4. The van der Waals surface area contributed by atoms with Crippen LogP contribution in [0.5, 0.6) is 0 Å². The van der Waals surface area contributed by atoms with Gasteiger partial charge in [-0.3, -0.25) is 0 Å². The molecule has 0 bridgehead atoms. The molecule has 1 atom stereocenters. The average molecular weight is 283 g/mol. The van der Waals surface area contributed by atoms with E-state index >= 15 is 0 Å². The van der Waals surface area contributed by atoms with Crippen LogP contribution in [0.4, 0.5) is 0 Å². The average Bonchev–Trinajstić information content (AvgIpc) is 1.73. The van der Waals surface area contributed by atoms with Crippen LogP contribution in [-0.2, 0) is 12.3 Å². The molecule has 0 fully saturated rings. The summed E-state index contributed by atoms with van der Waals surface area (Å²) in [6, 6.07) is 0. The minimum Gasteiger partial charge on any atom is -0.440 e. The molecule has 0 saturated carbocycles. The van der Waals surface area contributed by atoms with Gasteiger partial charge in [0.2, 0.25) is 0 Å². The quantitative estimate of drug-likeness (QED) is 0.700. The van der Waals surface area contributed by atoms with Gasteiger partial charge in [0.1, 0.15) is 0 Å². The highest BCUT2D eigenvalue weighted by molar-refractivity contribution is 6.81. The second-order valence-electron chi connectivity index (χ2n) is 5.48. The van der Waals surface area contributed by atoms with Crippen molar-refractivity contribution in [2.45, 2.75) is 52.4 Å². The molecule has 15 heavy (non-hydrogen) atoms. The SMILES string of the molecule is C[SiH](C)O[Si](C)(C)O[SiH](C)O[Si](C)(C)C. The molecule has 0 aliphatic carbocycles. The molecule has 0 spiro atoms. The van der Waals surface area contributed by atoms with Gasteiger partial charge in [-0.15, -0.1) is 0 Å². The second kappa shape index (κ2) is 5.89. The lowest BCUT2D eigenvalue weighted by atomic mass is 11.8. The molecule has 0 aliphatic heterocycles. The predicted octanol–water partition coefficient (Wildman–Crippen LogP) is 2.41. The lowest BCUT2D eigenvalue weighted by molar-refractivity contribution is 0.357. The smallest absolute Gasteiger partial charge is 0.312 e. The Kier molecular flexibility index (Phi) is 6.19. The van der Waals surface area contributed by atoms with Gasteiger partial charge in [-0.25, -0.2) is 0 Å². The van der Waals surface area contributed by atoms with Gasteiger partial charge in [0, 0.05) is 0 Å². The minimum absolute atomic E-state index is 0.993. The van der Waals surface area contributed by atoms with Crippen LogP contribution in [0.2, 0.25) is 52.4 Å². The van der Waals surface area contributed by atoms with E-state index in [-0.39, 0.29) is 0 Å². The van der Waals surface area contributed by atoms with Crippen molar-refractivity contribution in [3.05, 3.63) is 0 Å². The van der Waals surface area contributed by atoms with Crippen LogP contribution in [0.25, 0.3) is 0 Å². The Bertz CT molecular complexity index is 191. The Balaban J connectivity index is 4.10. The summed E-state index contributed by atoms with van der Waals surface area (Å²) in [7, 11) is -5.84. The van der Waals surface area contributed by atoms with Crippen molar-refractivity contribution in [1.29, 1.82) is 0 Å². The first-order valence-electron chi connectivity index (χ1n) is 5.55. The fourth-order valence-corrected chi connectivity index (χ4v) is 14.6. The number of rotatable bonds is 6. The van der Waals surface area contributed by atoms with Crippen molar-refractivity contribution in [2.24, 2.45) is 0 Å². The van der Waals surface area contributed by atoms with Crippen molar-refractivity contribution in [2.75, 3.05) is 0 Å². The van der Waals surface area contributed by atoms with Crippen molar-refractivity contribution in [3.63, 3.8) is 0 Å². The summed E-state index contributed by atoms with van der Waals surface area (Å²) in [6.45, 7) is 17.3. The Morgan fingerprint density at radius 1 is 0.733 bits per heavy atom. The maximum atomic E-state index is 6.03. The summed E-state index contributed by atoms with van der Waals surface area (Å²) in [6.07, 6.45) is 0. The first kappa shape index (κ1) is 15.7. The van der Waals surface area contributed by atoms with Gasteiger partial charge in [0.25, 0.3) is 9.28 Å². The molecule has 3 nitrogen and oxygen atoms in total. The van der Waals surface area contributed by atoms with E-state index in [4.69, 9.17) is 12.3 Å². The molecule has 1 unspecified atom stereocenters. The Morgan fingerprint density at radius 2 is 1.20 bits per heavy atom. The van der Waals surface area contributed by atoms with Crippen LogP contribution >= 0.6 is 0 Å². The maximum Gasteiger partial charge on any atom is 0.312 e. The molecule has 0 radical (unpaired) electrons. The largest absolute Gasteiger partial charge is 0.440 e. The molecule has 0 heterocycles. The lowest BCUT2D eigenvalue weighted by Crippen LogP contribution is -2.46. The summed E-state index contributed by atoms with van der Waals surface area (Å²) in [5.41, 5.74) is 0. The van der Waals surface area contributed by atoms with E-state index in [1.54, 1.807) is 0 Å². The Hall–Kier alpha value is 0.748. The first-order chi connectivity index (χ1) is 6.52. The van der Waals surface area contributed by atoms with E-state index in [1.807, 2.05) is 0 Å². The van der Waals surface area contributed by atoms with E-state index in [2.05, 4.69) is 52.4 Å². The van der Waals surface area contributed by atoms with Gasteiger partial charge < -0.3 is 12.3 Å². The van der Waals surface area contributed by atoms with Crippen LogP contribution in [0.3, 0.4) is 0 Å². The molecule has 0 aliphatic rings. The lowest BCUT2D eigenvalue weighted by Gasteiger charge is -2.31. The minimum atomic E-state index is -1.91. The van der Waals surface area contributed by atoms with Crippen molar-refractivity contribution in [3.8, 4) is 0 Å². The molecule has 0 N–H and O–H groups in total. The van der Waals surface area contributed by atoms with Crippen molar-refractivity contribution in [1.82, 2.24) is 0 Å². The third-order valence-electron chi connectivity index (χ3n) is 1.49. The standard InChI is InChI=1S/C8H26O3Si4/c1-12(2)9-15(7,8)11-13(3)10-14(4,5)6/h12-13H,1-8H3. The van der Waals surface area contributed by atoms with Crippen LogP contribution in [0.1, 0.15) is 0 Å². The highest BCUT2D eigenvalue weighted by Gasteiger charge is 2.31. The fraction of sp³-hybridized carbons (Fsp3) is 1.00. The molecule has 92 valence electrons. The van der Waals surface area contributed by atoms with Crippen molar-refractivity contribution >= 4 is 35.2 Å². The zero-order chi connectivity index (χ0) is 12.3. The third kappa shape index (κ3) is 9.66. The highest BCUT2D eigenvalue weighted by atomic mass is 28.5. The van der Waals surface area contributed by atoms with Crippen LogP contribution < -0.4 is 0 Å². The van der Waals surface area contributed by atoms with Crippen LogP contribution in [0.15, 0.2) is 0 Å². The van der Waals surface area contributed by atoms with Gasteiger partial charge in [0.05, 0.1) is 0 Å². The monoisotopic (exact) mass is 282 g/mol. The summed E-state index contributed by atoms with van der Waals surface area (Å²) >= 11 is 0. The van der Waals surface area contributed by atoms with E-state index in [9.17, 15) is 0 Å². The van der Waals surface area contributed by atoms with Gasteiger partial charge in [-0.2, -0.15) is 0 Å². The summed E-state index contributed by atoms with van der Waals surface area (Å²) in [5.74, 6) is 0. The molecule has 0 aromatic carbocycles.